The molecule has 0 bridgehead atoms. The summed E-state index contributed by atoms with van der Waals surface area (Å²) in [4.78, 5) is 12.3. The van der Waals surface area contributed by atoms with Crippen molar-refractivity contribution in [2.24, 2.45) is 0 Å². The van der Waals surface area contributed by atoms with Gasteiger partial charge >= 0.3 is 0 Å². The van der Waals surface area contributed by atoms with Crippen molar-refractivity contribution in [3.8, 4) is 40.1 Å². The van der Waals surface area contributed by atoms with Crippen LogP contribution in [-0.4, -0.2) is 34.3 Å². The summed E-state index contributed by atoms with van der Waals surface area (Å²) in [5.41, 5.74) is 3.32. The Kier molecular flexibility index (Phi) is 7.31. The Morgan fingerprint density at radius 3 is 2.45 bits per heavy atom. The number of carbonyl (C=O) groups is 1. The van der Waals surface area contributed by atoms with Crippen molar-refractivity contribution in [1.82, 2.24) is 0 Å². The second-order valence-electron chi connectivity index (χ2n) is 10.4. The zero-order valence-corrected chi connectivity index (χ0v) is 22.6. The molecule has 0 saturated heterocycles. The number of carbonyl (C=O) groups excluding carboxylic acids is 1. The Balaban J connectivity index is 1.87. The van der Waals surface area contributed by atoms with Crippen molar-refractivity contribution in [1.29, 1.82) is 0 Å². The first-order valence-electron chi connectivity index (χ1n) is 12.5. The van der Waals surface area contributed by atoms with E-state index in [-0.39, 0.29) is 45.6 Å². The lowest BCUT2D eigenvalue weighted by Gasteiger charge is -2.28. The maximum atomic E-state index is 12.3. The number of phenolic OH excluding ortho intramolecular Hbond substituents is 3. The molecule has 200 valence electrons. The highest BCUT2D eigenvalue weighted by atomic mass is 16.5. The molecule has 3 aromatic rings. The summed E-state index contributed by atoms with van der Waals surface area (Å²) in [6, 6.07) is 2.64. The molecule has 1 aliphatic heterocycles. The van der Waals surface area contributed by atoms with Gasteiger partial charge in [-0.15, -0.1) is 0 Å². The molecular weight excluding hydrogens is 484 g/mol. The summed E-state index contributed by atoms with van der Waals surface area (Å²) in [5.74, 6) is -0.0463. The molecule has 4 rings (SSSR count). The van der Waals surface area contributed by atoms with Crippen LogP contribution in [0.15, 0.2) is 45.9 Å². The zero-order chi connectivity index (χ0) is 27.8. The third kappa shape index (κ3) is 5.01. The second-order valence-corrected chi connectivity index (χ2v) is 10.4. The highest BCUT2D eigenvalue weighted by Crippen LogP contribution is 2.51. The smallest absolute Gasteiger partial charge is 0.173 e. The third-order valence-electron chi connectivity index (χ3n) is 6.64. The van der Waals surface area contributed by atoms with Crippen molar-refractivity contribution < 1.29 is 34.0 Å². The predicted molar refractivity (Wildman–Crippen MR) is 148 cm³/mol. The van der Waals surface area contributed by atoms with Crippen LogP contribution in [-0.2, 0) is 6.42 Å². The van der Waals surface area contributed by atoms with Crippen LogP contribution < -0.4 is 9.47 Å². The maximum Gasteiger partial charge on any atom is 0.173 e. The normalized spacial score (nSPS) is 14.2. The van der Waals surface area contributed by atoms with E-state index in [0.29, 0.717) is 34.8 Å². The molecule has 0 atom stereocenters. The van der Waals surface area contributed by atoms with Gasteiger partial charge in [0, 0.05) is 17.0 Å². The third-order valence-corrected chi connectivity index (χ3v) is 6.64. The number of ether oxygens (including phenoxy) is 2. The molecule has 38 heavy (non-hydrogen) atoms. The lowest BCUT2D eigenvalue weighted by molar-refractivity contribution is 0.112. The van der Waals surface area contributed by atoms with Crippen LogP contribution in [0.2, 0.25) is 0 Å². The maximum absolute atomic E-state index is 12.3. The largest absolute Gasteiger partial charge is 0.507 e. The van der Waals surface area contributed by atoms with Crippen LogP contribution in [0, 0.1) is 0 Å². The molecular formula is C31H34O7. The predicted octanol–water partition coefficient (Wildman–Crippen LogP) is 7.46. The molecule has 2 aromatic carbocycles. The molecule has 0 radical (unpaired) electrons. The minimum atomic E-state index is -0.633. The van der Waals surface area contributed by atoms with E-state index >= 15 is 0 Å². The lowest BCUT2D eigenvalue weighted by Crippen LogP contribution is -2.27. The first-order valence-corrected chi connectivity index (χ1v) is 12.5. The Morgan fingerprint density at radius 1 is 1.05 bits per heavy atom. The number of phenols is 3. The Morgan fingerprint density at radius 2 is 1.79 bits per heavy atom. The fourth-order valence-electron chi connectivity index (χ4n) is 4.67. The number of aromatic hydroxyl groups is 3. The van der Waals surface area contributed by atoms with E-state index in [4.69, 9.17) is 13.9 Å². The van der Waals surface area contributed by atoms with E-state index in [0.717, 1.165) is 18.4 Å². The monoisotopic (exact) mass is 518 g/mol. The number of aldehydes is 1. The molecule has 7 heteroatoms. The summed E-state index contributed by atoms with van der Waals surface area (Å²) in [6.07, 6.45) is 10.6. The molecule has 0 unspecified atom stereocenters. The minimum Gasteiger partial charge on any atom is -0.507 e. The number of methoxy groups -OCH3 is 1. The van der Waals surface area contributed by atoms with E-state index in [1.165, 1.54) is 24.8 Å². The molecule has 7 nitrogen and oxygen atoms in total. The van der Waals surface area contributed by atoms with Gasteiger partial charge in [-0.1, -0.05) is 23.3 Å². The molecule has 0 fully saturated rings. The highest BCUT2D eigenvalue weighted by molar-refractivity contribution is 6.07. The van der Waals surface area contributed by atoms with Crippen LogP contribution >= 0.6 is 0 Å². The van der Waals surface area contributed by atoms with Gasteiger partial charge in [-0.05, 0) is 72.1 Å². The fourth-order valence-corrected chi connectivity index (χ4v) is 4.67. The van der Waals surface area contributed by atoms with E-state index in [1.807, 2.05) is 32.9 Å². The summed E-state index contributed by atoms with van der Waals surface area (Å²) in [6.45, 7) is 9.87. The SMILES string of the molecule is COc1c(C/C=C(\C)CCC=C(C)C)c(O)cc(O)c1-c1oc2c3c(c(O)cc2c1C=O)OC(C)(C)C=C3. The quantitative estimate of drug-likeness (QED) is 0.210. The van der Waals surface area contributed by atoms with Crippen molar-refractivity contribution in [2.75, 3.05) is 7.11 Å². The summed E-state index contributed by atoms with van der Waals surface area (Å²) >= 11 is 0. The van der Waals surface area contributed by atoms with Gasteiger partial charge in [0.05, 0.1) is 18.2 Å². The van der Waals surface area contributed by atoms with Gasteiger partial charge < -0.3 is 29.2 Å². The number of fused-ring (bicyclic) bond motifs is 3. The van der Waals surface area contributed by atoms with Crippen molar-refractivity contribution in [3.63, 3.8) is 0 Å². The number of hydrogen-bond acceptors (Lipinski definition) is 7. The Labute approximate surface area is 222 Å². The number of rotatable bonds is 8. The number of allylic oxidation sites excluding steroid dienone is 4. The van der Waals surface area contributed by atoms with Gasteiger partial charge in [-0.3, -0.25) is 4.79 Å². The summed E-state index contributed by atoms with van der Waals surface area (Å²) in [5, 5.41) is 32.7. The fraction of sp³-hybridized carbons (Fsp3) is 0.323. The van der Waals surface area contributed by atoms with Crippen molar-refractivity contribution >= 4 is 23.3 Å². The molecule has 0 spiro atoms. The first-order chi connectivity index (χ1) is 18.0. The minimum absolute atomic E-state index is 0.0703. The second kappa shape index (κ2) is 10.3. The number of benzene rings is 2. The standard InChI is InChI=1S/C31H34O7/c1-17(2)8-7-9-18(3)10-11-19-23(33)15-24(34)26(29(19)36-6)30-22(16-32)21-14-25(35)28-20(27(21)37-30)12-13-31(4,5)38-28/h8,10,12-16,33-35H,7,9,11H2,1-6H3/b18-10+. The first kappa shape index (κ1) is 26.9. The van der Waals surface area contributed by atoms with Gasteiger partial charge in [0.25, 0.3) is 0 Å². The lowest BCUT2D eigenvalue weighted by atomic mass is 9.96. The van der Waals surface area contributed by atoms with Gasteiger partial charge in [0.2, 0.25) is 0 Å². The molecule has 1 aromatic heterocycles. The van der Waals surface area contributed by atoms with E-state index in [1.54, 1.807) is 6.08 Å². The topological polar surface area (TPSA) is 109 Å². The number of furan rings is 1. The molecule has 0 amide bonds. The van der Waals surface area contributed by atoms with E-state index in [9.17, 15) is 20.1 Å². The molecule has 2 heterocycles. The highest BCUT2D eigenvalue weighted by Gasteiger charge is 2.31. The molecule has 0 saturated carbocycles. The summed E-state index contributed by atoms with van der Waals surface area (Å²) in [7, 11) is 1.43. The molecule has 0 aliphatic carbocycles. The summed E-state index contributed by atoms with van der Waals surface area (Å²) < 4.78 is 17.8. The van der Waals surface area contributed by atoms with Crippen LogP contribution in [0.1, 0.15) is 68.9 Å². The van der Waals surface area contributed by atoms with E-state index in [2.05, 4.69) is 19.9 Å². The van der Waals surface area contributed by atoms with Gasteiger partial charge in [0.1, 0.15) is 34.0 Å². The van der Waals surface area contributed by atoms with Crippen molar-refractivity contribution in [2.45, 2.75) is 59.5 Å². The Bertz CT molecular complexity index is 1490. The van der Waals surface area contributed by atoms with Crippen LogP contribution in [0.25, 0.3) is 28.4 Å². The molecule has 1 aliphatic rings. The number of hydrogen-bond donors (Lipinski definition) is 3. The van der Waals surface area contributed by atoms with E-state index < -0.39 is 5.60 Å². The van der Waals surface area contributed by atoms with Crippen LogP contribution in [0.4, 0.5) is 0 Å². The average Bonchev–Trinajstić information content (AvgIpc) is 3.19. The zero-order valence-electron chi connectivity index (χ0n) is 22.6. The van der Waals surface area contributed by atoms with Crippen LogP contribution in [0.3, 0.4) is 0 Å². The Hall–Kier alpha value is -4.13. The van der Waals surface area contributed by atoms with Crippen LogP contribution in [0.5, 0.6) is 28.7 Å². The van der Waals surface area contributed by atoms with Gasteiger partial charge in [-0.25, -0.2) is 0 Å². The molecule has 3 N–H and O–H groups in total. The van der Waals surface area contributed by atoms with Gasteiger partial charge in [0.15, 0.2) is 23.5 Å². The average molecular weight is 519 g/mol. The van der Waals surface area contributed by atoms with Gasteiger partial charge in [-0.2, -0.15) is 0 Å². The van der Waals surface area contributed by atoms with Crippen molar-refractivity contribution in [3.05, 3.63) is 58.2 Å².